The van der Waals surface area contributed by atoms with Crippen molar-refractivity contribution < 1.29 is 4.79 Å². The minimum absolute atomic E-state index is 0.00962. The third kappa shape index (κ3) is 4.28. The van der Waals surface area contributed by atoms with Crippen LogP contribution in [0.3, 0.4) is 0 Å². The summed E-state index contributed by atoms with van der Waals surface area (Å²) < 4.78 is 0. The molecule has 1 atom stereocenters. The van der Waals surface area contributed by atoms with Crippen molar-refractivity contribution in [1.82, 2.24) is 15.1 Å². The van der Waals surface area contributed by atoms with Gasteiger partial charge >= 0.3 is 0 Å². The maximum Gasteiger partial charge on any atom is 0.244 e. The molecule has 4 heteroatoms. The summed E-state index contributed by atoms with van der Waals surface area (Å²) in [5, 5.41) is 3.44. The predicted octanol–water partition coefficient (Wildman–Crippen LogP) is 4.51. The van der Waals surface area contributed by atoms with Gasteiger partial charge in [0.2, 0.25) is 5.91 Å². The standard InChI is InChI=1S/C27H37N3O/c1-26(2,3)23-14-12-22(13-15-23)24-29(4)27(16-18-28-19-17-27)25(31)30(24)20-8-11-21-9-6-5-7-10-21/h5-7,9-10,12-15,24,28H,8,11,16-20H2,1-4H3. The molecule has 166 valence electrons. The van der Waals surface area contributed by atoms with Crippen LogP contribution in [0.15, 0.2) is 54.6 Å². The van der Waals surface area contributed by atoms with E-state index in [1.165, 1.54) is 16.7 Å². The molecule has 1 amide bonds. The van der Waals surface area contributed by atoms with Crippen molar-refractivity contribution in [2.24, 2.45) is 0 Å². The zero-order valence-corrected chi connectivity index (χ0v) is 19.5. The number of hydrogen-bond acceptors (Lipinski definition) is 3. The number of amides is 1. The van der Waals surface area contributed by atoms with Gasteiger partial charge in [-0.3, -0.25) is 9.69 Å². The van der Waals surface area contributed by atoms with Gasteiger partial charge in [-0.2, -0.15) is 0 Å². The molecule has 2 aromatic carbocycles. The molecule has 0 bridgehead atoms. The molecule has 2 aliphatic heterocycles. The molecule has 0 radical (unpaired) electrons. The second-order valence-corrected chi connectivity index (χ2v) is 10.2. The van der Waals surface area contributed by atoms with E-state index in [2.05, 4.69) is 97.5 Å². The van der Waals surface area contributed by atoms with Gasteiger partial charge in [0, 0.05) is 6.54 Å². The molecule has 4 nitrogen and oxygen atoms in total. The van der Waals surface area contributed by atoms with Gasteiger partial charge < -0.3 is 10.2 Å². The lowest BCUT2D eigenvalue weighted by atomic mass is 9.86. The van der Waals surface area contributed by atoms with Gasteiger partial charge in [0.05, 0.1) is 0 Å². The van der Waals surface area contributed by atoms with Crippen molar-refractivity contribution in [2.75, 3.05) is 26.7 Å². The molecule has 0 saturated carbocycles. The van der Waals surface area contributed by atoms with Gasteiger partial charge in [0.1, 0.15) is 11.7 Å². The number of piperidine rings is 1. The quantitative estimate of drug-likeness (QED) is 0.774. The number of rotatable bonds is 5. The lowest BCUT2D eigenvalue weighted by molar-refractivity contribution is -0.135. The van der Waals surface area contributed by atoms with Crippen molar-refractivity contribution in [1.29, 1.82) is 0 Å². The van der Waals surface area contributed by atoms with Gasteiger partial charge in [-0.15, -0.1) is 0 Å². The van der Waals surface area contributed by atoms with Crippen LogP contribution in [0.4, 0.5) is 0 Å². The molecule has 31 heavy (non-hydrogen) atoms. The first-order valence-corrected chi connectivity index (χ1v) is 11.7. The lowest BCUT2D eigenvalue weighted by Gasteiger charge is -2.38. The van der Waals surface area contributed by atoms with Crippen LogP contribution in [0.25, 0.3) is 0 Å². The molecule has 0 aliphatic carbocycles. The molecule has 0 aromatic heterocycles. The fourth-order valence-electron chi connectivity index (χ4n) is 5.26. The number of aryl methyl sites for hydroxylation is 1. The zero-order valence-electron chi connectivity index (χ0n) is 19.5. The molecule has 1 N–H and O–H groups in total. The van der Waals surface area contributed by atoms with E-state index in [0.717, 1.165) is 45.3 Å². The van der Waals surface area contributed by atoms with Crippen LogP contribution < -0.4 is 5.32 Å². The Balaban J connectivity index is 1.59. The van der Waals surface area contributed by atoms with E-state index >= 15 is 0 Å². The maximum absolute atomic E-state index is 13.8. The molecular formula is C27H37N3O. The second-order valence-electron chi connectivity index (χ2n) is 10.2. The third-order valence-corrected chi connectivity index (χ3v) is 7.21. The number of benzene rings is 2. The fourth-order valence-corrected chi connectivity index (χ4v) is 5.26. The van der Waals surface area contributed by atoms with E-state index in [4.69, 9.17) is 0 Å². The van der Waals surface area contributed by atoms with Crippen LogP contribution >= 0.6 is 0 Å². The Labute approximate surface area is 187 Å². The molecule has 2 heterocycles. The average Bonchev–Trinajstić information content (AvgIpc) is 2.96. The summed E-state index contributed by atoms with van der Waals surface area (Å²) >= 11 is 0. The van der Waals surface area contributed by atoms with Crippen LogP contribution in [0, 0.1) is 0 Å². The van der Waals surface area contributed by atoms with Crippen LogP contribution in [0.2, 0.25) is 0 Å². The van der Waals surface area contributed by atoms with Crippen molar-refractivity contribution in [3.05, 3.63) is 71.3 Å². The number of nitrogens with one attached hydrogen (secondary N) is 1. The number of nitrogens with zero attached hydrogens (tertiary/aromatic N) is 2. The highest BCUT2D eigenvalue weighted by molar-refractivity contribution is 5.89. The molecule has 2 aromatic rings. The highest BCUT2D eigenvalue weighted by Gasteiger charge is 2.55. The van der Waals surface area contributed by atoms with Crippen LogP contribution in [-0.4, -0.2) is 47.9 Å². The van der Waals surface area contributed by atoms with E-state index in [0.29, 0.717) is 5.91 Å². The van der Waals surface area contributed by atoms with E-state index in [-0.39, 0.29) is 17.1 Å². The van der Waals surface area contributed by atoms with E-state index in [9.17, 15) is 4.79 Å². The molecule has 2 fully saturated rings. The largest absolute Gasteiger partial charge is 0.321 e. The lowest BCUT2D eigenvalue weighted by Crippen LogP contribution is -2.54. The first kappa shape index (κ1) is 22.0. The van der Waals surface area contributed by atoms with Crippen LogP contribution in [0.1, 0.15) is 62.9 Å². The number of hydrogen-bond donors (Lipinski definition) is 1. The predicted molar refractivity (Wildman–Crippen MR) is 127 cm³/mol. The minimum Gasteiger partial charge on any atom is -0.321 e. The summed E-state index contributed by atoms with van der Waals surface area (Å²) in [4.78, 5) is 18.3. The van der Waals surface area contributed by atoms with Gasteiger partial charge in [-0.05, 0) is 67.9 Å². The normalized spacial score (nSPS) is 21.7. The van der Waals surface area contributed by atoms with E-state index < -0.39 is 0 Å². The van der Waals surface area contributed by atoms with Crippen LogP contribution in [0.5, 0.6) is 0 Å². The fraction of sp³-hybridized carbons (Fsp3) is 0.519. The second kappa shape index (κ2) is 8.76. The Morgan fingerprint density at radius 3 is 2.26 bits per heavy atom. The highest BCUT2D eigenvalue weighted by Crippen LogP contribution is 2.44. The van der Waals surface area contributed by atoms with Crippen LogP contribution in [-0.2, 0) is 16.6 Å². The Kier molecular flexibility index (Phi) is 6.23. The summed E-state index contributed by atoms with van der Waals surface area (Å²) in [6.45, 7) is 9.33. The van der Waals surface area contributed by atoms with Crippen molar-refractivity contribution in [3.8, 4) is 0 Å². The van der Waals surface area contributed by atoms with E-state index in [1.54, 1.807) is 0 Å². The van der Waals surface area contributed by atoms with Crippen molar-refractivity contribution in [3.63, 3.8) is 0 Å². The average molecular weight is 420 g/mol. The summed E-state index contributed by atoms with van der Waals surface area (Å²) in [5.74, 6) is 0.314. The number of carbonyl (C=O) groups is 1. The molecule has 4 rings (SSSR count). The smallest absolute Gasteiger partial charge is 0.244 e. The third-order valence-electron chi connectivity index (χ3n) is 7.21. The summed E-state index contributed by atoms with van der Waals surface area (Å²) in [6, 6.07) is 19.5. The van der Waals surface area contributed by atoms with Crippen molar-refractivity contribution in [2.45, 2.75) is 63.6 Å². The Bertz CT molecular complexity index is 879. The van der Waals surface area contributed by atoms with E-state index in [1.807, 2.05) is 0 Å². The topological polar surface area (TPSA) is 35.6 Å². The van der Waals surface area contributed by atoms with Crippen molar-refractivity contribution >= 4 is 5.91 Å². The minimum atomic E-state index is -0.370. The Morgan fingerprint density at radius 2 is 1.65 bits per heavy atom. The Morgan fingerprint density at radius 1 is 1.00 bits per heavy atom. The van der Waals surface area contributed by atoms with Gasteiger partial charge in [0.15, 0.2) is 0 Å². The van der Waals surface area contributed by atoms with Gasteiger partial charge in [-0.1, -0.05) is 75.4 Å². The Hall–Kier alpha value is -2.17. The summed E-state index contributed by atoms with van der Waals surface area (Å²) in [6.07, 6.45) is 3.75. The molecule has 1 unspecified atom stereocenters. The zero-order chi connectivity index (χ0) is 22.1. The molecule has 1 spiro atoms. The maximum atomic E-state index is 13.8. The number of carbonyl (C=O) groups excluding carboxylic acids is 1. The summed E-state index contributed by atoms with van der Waals surface area (Å²) in [7, 11) is 2.16. The van der Waals surface area contributed by atoms with Gasteiger partial charge in [-0.25, -0.2) is 0 Å². The molecule has 2 aliphatic rings. The first-order chi connectivity index (χ1) is 14.8. The molecular weight excluding hydrogens is 382 g/mol. The highest BCUT2D eigenvalue weighted by atomic mass is 16.2. The first-order valence-electron chi connectivity index (χ1n) is 11.7. The molecule has 2 saturated heterocycles. The monoisotopic (exact) mass is 419 g/mol. The SMILES string of the molecule is CN1C(c2ccc(C(C)(C)C)cc2)N(CCCc2ccccc2)C(=O)C12CCNCC2. The number of likely N-dealkylation sites (N-methyl/N-ethyl adjacent to an activating group) is 1. The summed E-state index contributed by atoms with van der Waals surface area (Å²) in [5.41, 5.74) is 3.65. The van der Waals surface area contributed by atoms with Gasteiger partial charge in [0.25, 0.3) is 0 Å².